The monoisotopic (exact) mass is 393 g/mol. The summed E-state index contributed by atoms with van der Waals surface area (Å²) >= 11 is 0. The van der Waals surface area contributed by atoms with Crippen molar-refractivity contribution in [1.29, 1.82) is 0 Å². The second-order valence-electron chi connectivity index (χ2n) is 6.46. The van der Waals surface area contributed by atoms with Crippen LogP contribution in [0, 0.1) is 0 Å². The van der Waals surface area contributed by atoms with Gasteiger partial charge >= 0.3 is 12.1 Å². The minimum Gasteiger partial charge on any atom is -0.449 e. The number of benzene rings is 1. The maximum absolute atomic E-state index is 12.6. The second-order valence-corrected chi connectivity index (χ2v) is 6.46. The first-order valence-corrected chi connectivity index (χ1v) is 8.64. The molecule has 3 rings (SSSR count). The van der Waals surface area contributed by atoms with E-state index in [1.54, 1.807) is 12.1 Å². The predicted octanol–water partition coefficient (Wildman–Crippen LogP) is 3.86. The molecule has 1 heterocycles. The van der Waals surface area contributed by atoms with Crippen LogP contribution in [0.5, 0.6) is 0 Å². The van der Waals surface area contributed by atoms with Crippen molar-refractivity contribution in [2.75, 3.05) is 10.6 Å². The average Bonchev–Trinajstić information content (AvgIpc) is 3.46. The highest BCUT2D eigenvalue weighted by molar-refractivity contribution is 5.97. The van der Waals surface area contributed by atoms with Crippen molar-refractivity contribution in [3.05, 3.63) is 53.7 Å². The molecular formula is C19H18F3N3O3. The number of halogens is 3. The third-order valence-electron chi connectivity index (χ3n) is 4.06. The van der Waals surface area contributed by atoms with Crippen LogP contribution >= 0.6 is 0 Å². The predicted molar refractivity (Wildman–Crippen MR) is 95.8 cm³/mol. The number of anilines is 2. The van der Waals surface area contributed by atoms with Crippen molar-refractivity contribution < 1.29 is 27.5 Å². The lowest BCUT2D eigenvalue weighted by atomic mass is 10.2. The number of rotatable bonds is 6. The fraction of sp³-hybridized carbons (Fsp3) is 0.316. The highest BCUT2D eigenvalue weighted by Gasteiger charge is 2.30. The Morgan fingerprint density at radius 2 is 1.82 bits per heavy atom. The van der Waals surface area contributed by atoms with Gasteiger partial charge in [0.1, 0.15) is 5.82 Å². The van der Waals surface area contributed by atoms with Crippen LogP contribution in [-0.2, 0) is 15.7 Å². The fourth-order valence-corrected chi connectivity index (χ4v) is 2.31. The summed E-state index contributed by atoms with van der Waals surface area (Å²) in [5, 5.41) is 5.59. The molecule has 1 aliphatic rings. The van der Waals surface area contributed by atoms with E-state index in [9.17, 15) is 22.8 Å². The lowest BCUT2D eigenvalue weighted by molar-refractivity contribution is -0.137. The third-order valence-corrected chi connectivity index (χ3v) is 4.06. The summed E-state index contributed by atoms with van der Waals surface area (Å²) in [6, 6.07) is 7.60. The van der Waals surface area contributed by atoms with E-state index in [0.29, 0.717) is 11.9 Å². The second kappa shape index (κ2) is 7.87. The van der Waals surface area contributed by atoms with E-state index in [-0.39, 0.29) is 11.3 Å². The van der Waals surface area contributed by atoms with Gasteiger partial charge in [0, 0.05) is 17.9 Å². The van der Waals surface area contributed by atoms with E-state index in [1.807, 2.05) is 0 Å². The number of pyridine rings is 1. The number of hydrogen-bond acceptors (Lipinski definition) is 5. The van der Waals surface area contributed by atoms with Crippen molar-refractivity contribution >= 4 is 23.4 Å². The standard InChI is InChI=1S/C19H18F3N3O3/c1-11(17(26)25-15-5-3-13(4-6-15)19(20,21)22)28-18(27)12-2-9-16(23-10-12)24-14-7-8-14/h2-6,9-11,14H,7-8H2,1H3,(H,23,24)(H,25,26). The first kappa shape index (κ1) is 19.7. The van der Waals surface area contributed by atoms with Crippen LogP contribution < -0.4 is 10.6 Å². The molecule has 0 bridgehead atoms. The summed E-state index contributed by atoms with van der Waals surface area (Å²) in [6.07, 6.45) is -2.05. The quantitative estimate of drug-likeness (QED) is 0.729. The molecule has 1 atom stereocenters. The number of nitrogens with zero attached hydrogens (tertiary/aromatic N) is 1. The van der Waals surface area contributed by atoms with Gasteiger partial charge in [0.25, 0.3) is 5.91 Å². The minimum absolute atomic E-state index is 0.165. The Morgan fingerprint density at radius 3 is 2.36 bits per heavy atom. The van der Waals surface area contributed by atoms with Crippen LogP contribution in [0.25, 0.3) is 0 Å². The van der Waals surface area contributed by atoms with E-state index < -0.39 is 29.7 Å². The molecular weight excluding hydrogens is 375 g/mol. The molecule has 1 aromatic heterocycles. The number of hydrogen-bond donors (Lipinski definition) is 2. The van der Waals surface area contributed by atoms with Crippen molar-refractivity contribution in [2.45, 2.75) is 38.1 Å². The lowest BCUT2D eigenvalue weighted by Crippen LogP contribution is -2.30. The van der Waals surface area contributed by atoms with Crippen LogP contribution in [0.3, 0.4) is 0 Å². The summed E-state index contributed by atoms with van der Waals surface area (Å²) in [4.78, 5) is 28.4. The SMILES string of the molecule is CC(OC(=O)c1ccc(NC2CC2)nc1)C(=O)Nc1ccc(C(F)(F)F)cc1. The van der Waals surface area contributed by atoms with Crippen molar-refractivity contribution in [3.8, 4) is 0 Å². The zero-order valence-corrected chi connectivity index (χ0v) is 14.9. The molecule has 0 aliphatic heterocycles. The van der Waals surface area contributed by atoms with Crippen molar-refractivity contribution in [2.24, 2.45) is 0 Å². The van der Waals surface area contributed by atoms with Gasteiger partial charge < -0.3 is 15.4 Å². The van der Waals surface area contributed by atoms with E-state index >= 15 is 0 Å². The molecule has 2 aromatic rings. The van der Waals surface area contributed by atoms with Gasteiger partial charge in [-0.05, 0) is 56.2 Å². The van der Waals surface area contributed by atoms with Gasteiger partial charge in [0.2, 0.25) is 0 Å². The summed E-state index contributed by atoms with van der Waals surface area (Å²) in [5.41, 5.74) is -0.467. The zero-order valence-electron chi connectivity index (χ0n) is 14.9. The van der Waals surface area contributed by atoms with Crippen LogP contribution in [0.1, 0.15) is 35.7 Å². The molecule has 1 amide bonds. The summed E-state index contributed by atoms with van der Waals surface area (Å²) < 4.78 is 42.7. The molecule has 6 nitrogen and oxygen atoms in total. The Morgan fingerprint density at radius 1 is 1.14 bits per heavy atom. The Bertz CT molecular complexity index is 847. The van der Waals surface area contributed by atoms with Gasteiger partial charge in [0.15, 0.2) is 6.10 Å². The molecule has 1 saturated carbocycles. The molecule has 0 spiro atoms. The van der Waals surface area contributed by atoms with E-state index in [2.05, 4.69) is 15.6 Å². The zero-order chi connectivity index (χ0) is 20.3. The van der Waals surface area contributed by atoms with Crippen LogP contribution in [0.15, 0.2) is 42.6 Å². The lowest BCUT2D eigenvalue weighted by Gasteiger charge is -2.14. The van der Waals surface area contributed by atoms with Crippen LogP contribution in [0.2, 0.25) is 0 Å². The maximum Gasteiger partial charge on any atom is 0.416 e. The van der Waals surface area contributed by atoms with Crippen LogP contribution in [0.4, 0.5) is 24.7 Å². The molecule has 1 aromatic carbocycles. The van der Waals surface area contributed by atoms with E-state index in [4.69, 9.17) is 4.74 Å². The fourth-order valence-electron chi connectivity index (χ4n) is 2.31. The van der Waals surface area contributed by atoms with Crippen molar-refractivity contribution in [1.82, 2.24) is 4.98 Å². The first-order chi connectivity index (χ1) is 13.2. The summed E-state index contributed by atoms with van der Waals surface area (Å²) in [5.74, 6) is -0.722. The van der Waals surface area contributed by atoms with Crippen LogP contribution in [-0.4, -0.2) is 29.0 Å². The van der Waals surface area contributed by atoms with Gasteiger partial charge in [-0.1, -0.05) is 0 Å². The van der Waals surface area contributed by atoms with E-state index in [1.165, 1.54) is 13.1 Å². The summed E-state index contributed by atoms with van der Waals surface area (Å²) in [6.45, 7) is 1.37. The number of nitrogens with one attached hydrogen (secondary N) is 2. The number of aromatic nitrogens is 1. The molecule has 148 valence electrons. The van der Waals surface area contributed by atoms with Gasteiger partial charge in [-0.15, -0.1) is 0 Å². The molecule has 1 aliphatic carbocycles. The normalized spacial score (nSPS) is 14.9. The Kier molecular flexibility index (Phi) is 5.53. The number of esters is 1. The Balaban J connectivity index is 1.53. The summed E-state index contributed by atoms with van der Waals surface area (Å²) in [7, 11) is 0. The highest BCUT2D eigenvalue weighted by Crippen LogP contribution is 2.29. The van der Waals surface area contributed by atoms with Gasteiger partial charge in [0.05, 0.1) is 11.1 Å². The molecule has 9 heteroatoms. The number of carbonyl (C=O) groups is 2. The van der Waals surface area contributed by atoms with Gasteiger partial charge in [-0.3, -0.25) is 4.79 Å². The first-order valence-electron chi connectivity index (χ1n) is 8.64. The molecule has 1 unspecified atom stereocenters. The van der Waals surface area contributed by atoms with Gasteiger partial charge in [-0.25, -0.2) is 9.78 Å². The largest absolute Gasteiger partial charge is 0.449 e. The van der Waals surface area contributed by atoms with Gasteiger partial charge in [-0.2, -0.15) is 13.2 Å². The number of alkyl halides is 3. The number of carbonyl (C=O) groups excluding carboxylic acids is 2. The Labute approximate surface area is 159 Å². The molecule has 0 radical (unpaired) electrons. The number of amides is 1. The number of ether oxygens (including phenoxy) is 1. The van der Waals surface area contributed by atoms with E-state index in [0.717, 1.165) is 37.1 Å². The topological polar surface area (TPSA) is 80.3 Å². The molecule has 2 N–H and O–H groups in total. The Hall–Kier alpha value is -3.10. The third kappa shape index (κ3) is 5.21. The minimum atomic E-state index is -4.46. The highest BCUT2D eigenvalue weighted by atomic mass is 19.4. The molecule has 0 saturated heterocycles. The van der Waals surface area contributed by atoms with Crippen molar-refractivity contribution in [3.63, 3.8) is 0 Å². The maximum atomic E-state index is 12.6. The smallest absolute Gasteiger partial charge is 0.416 e. The average molecular weight is 393 g/mol. The molecule has 1 fully saturated rings. The molecule has 28 heavy (non-hydrogen) atoms.